The van der Waals surface area contributed by atoms with Crippen molar-refractivity contribution in [2.75, 3.05) is 43.6 Å². The molecule has 0 saturated carbocycles. The first-order chi connectivity index (χ1) is 20.0. The van der Waals surface area contributed by atoms with Crippen molar-refractivity contribution < 1.29 is 22.0 Å². The lowest BCUT2D eigenvalue weighted by atomic mass is 10.1. The van der Waals surface area contributed by atoms with Crippen LogP contribution in [-0.4, -0.2) is 84.1 Å². The zero-order chi connectivity index (χ0) is 30.2. The van der Waals surface area contributed by atoms with Gasteiger partial charge in [-0.2, -0.15) is 0 Å². The number of piperazine rings is 1. The molecule has 5 rings (SSSR count). The summed E-state index contributed by atoms with van der Waals surface area (Å²) in [5.41, 5.74) is 1.34. The maximum Gasteiger partial charge on any atom is 0.241 e. The molecule has 10 nitrogen and oxygen atoms in total. The minimum atomic E-state index is -3.81. The van der Waals surface area contributed by atoms with E-state index < -0.39 is 26.4 Å². The van der Waals surface area contributed by atoms with Gasteiger partial charge in [-0.25, -0.2) is 27.2 Å². The minimum absolute atomic E-state index is 0.0559. The number of nitrogens with one attached hydrogen (secondary N) is 3. The number of halogens is 2. The molecule has 2 atom stereocenters. The molecule has 1 fully saturated rings. The summed E-state index contributed by atoms with van der Waals surface area (Å²) in [6, 6.07) is 9.13. The minimum Gasteiger partial charge on any atom is -0.359 e. The van der Waals surface area contributed by atoms with E-state index in [1.165, 1.54) is 12.1 Å². The van der Waals surface area contributed by atoms with E-state index in [-0.39, 0.29) is 35.3 Å². The van der Waals surface area contributed by atoms with Crippen LogP contribution in [0.15, 0.2) is 53.7 Å². The Balaban J connectivity index is 1.43. The van der Waals surface area contributed by atoms with E-state index in [1.807, 2.05) is 6.92 Å². The molecule has 3 heterocycles. The molecule has 1 amide bonds. The fourth-order valence-electron chi connectivity index (χ4n) is 5.49. The standard InChI is InChI=1S/C29H33F2N7O3S/c1-5-23(38-13-12-37(3)16-17(38)2)28(39)34-22-10-6-8-18-19(14-32-27(18)22)26-20(30)15-33-29(36-26)35-21-9-7-11-24(25(21)31)42(4,40)41/h6-11,14-15,17,23,32H,5,12-13,16H2,1-4H3,(H,34,39)(H,33,35,36)/t17-,23-/m0/s1. The van der Waals surface area contributed by atoms with Crippen molar-refractivity contribution in [2.24, 2.45) is 0 Å². The number of fused-ring (bicyclic) bond motifs is 1. The second kappa shape index (κ2) is 11.7. The maximum atomic E-state index is 15.0. The fraction of sp³-hybridized carbons (Fsp3) is 0.345. The van der Waals surface area contributed by atoms with Crippen LogP contribution in [0.1, 0.15) is 20.3 Å². The van der Waals surface area contributed by atoms with Gasteiger partial charge in [-0.15, -0.1) is 0 Å². The number of carbonyl (C=O) groups is 1. The van der Waals surface area contributed by atoms with Crippen molar-refractivity contribution >= 4 is 44.0 Å². The number of carbonyl (C=O) groups excluding carboxylic acids is 1. The second-order valence-electron chi connectivity index (χ2n) is 10.6. The van der Waals surface area contributed by atoms with E-state index in [0.29, 0.717) is 28.6 Å². The van der Waals surface area contributed by atoms with Crippen molar-refractivity contribution in [3.05, 3.63) is 60.4 Å². The van der Waals surface area contributed by atoms with Crippen LogP contribution in [0.5, 0.6) is 0 Å². The van der Waals surface area contributed by atoms with E-state index in [2.05, 4.69) is 49.4 Å². The van der Waals surface area contributed by atoms with Gasteiger partial charge in [0.05, 0.1) is 29.1 Å². The van der Waals surface area contributed by atoms with Crippen LogP contribution in [-0.2, 0) is 14.6 Å². The van der Waals surface area contributed by atoms with Gasteiger partial charge in [0.2, 0.25) is 11.9 Å². The number of hydrogen-bond acceptors (Lipinski definition) is 8. The largest absolute Gasteiger partial charge is 0.359 e. The maximum absolute atomic E-state index is 15.0. The van der Waals surface area contributed by atoms with E-state index in [9.17, 15) is 17.6 Å². The molecule has 1 aliphatic rings. The number of anilines is 3. The molecule has 0 radical (unpaired) electrons. The quantitative estimate of drug-likeness (QED) is 0.273. The predicted octanol–water partition coefficient (Wildman–Crippen LogP) is 4.40. The Hall–Kier alpha value is -3.94. The first-order valence-corrected chi connectivity index (χ1v) is 15.5. The molecule has 0 aliphatic carbocycles. The number of para-hydroxylation sites is 1. The molecule has 3 N–H and O–H groups in total. The first-order valence-electron chi connectivity index (χ1n) is 13.6. The van der Waals surface area contributed by atoms with Gasteiger partial charge in [-0.1, -0.05) is 25.1 Å². The highest BCUT2D eigenvalue weighted by molar-refractivity contribution is 7.90. The van der Waals surface area contributed by atoms with E-state index >= 15 is 4.39 Å². The SMILES string of the molecule is CC[C@@H](C(=O)Nc1cccc2c(-c3nc(Nc4cccc(S(C)(=O)=O)c4F)ncc3F)c[nH]c12)N1CCN(C)C[C@@H]1C. The normalized spacial score (nSPS) is 17.3. The fourth-order valence-corrected chi connectivity index (χ4v) is 6.25. The summed E-state index contributed by atoms with van der Waals surface area (Å²) in [5.74, 6) is -1.94. The molecule has 0 spiro atoms. The Morgan fingerprint density at radius 1 is 1.17 bits per heavy atom. The van der Waals surface area contributed by atoms with Crippen LogP contribution >= 0.6 is 0 Å². The number of H-pyrrole nitrogens is 1. The molecule has 13 heteroatoms. The molecule has 2 aromatic carbocycles. The van der Waals surface area contributed by atoms with Gasteiger partial charge in [0.25, 0.3) is 0 Å². The third-order valence-electron chi connectivity index (χ3n) is 7.55. The summed E-state index contributed by atoms with van der Waals surface area (Å²) in [7, 11) is -1.73. The number of sulfone groups is 1. The number of hydrogen-bond donors (Lipinski definition) is 3. The summed E-state index contributed by atoms with van der Waals surface area (Å²) in [5, 5.41) is 6.32. The molecule has 1 saturated heterocycles. The molecule has 0 unspecified atom stereocenters. The van der Waals surface area contributed by atoms with Gasteiger partial charge in [0, 0.05) is 49.1 Å². The molecule has 2 aromatic heterocycles. The van der Waals surface area contributed by atoms with Crippen molar-refractivity contribution in [2.45, 2.75) is 37.2 Å². The topological polar surface area (TPSA) is 123 Å². The molecule has 1 aliphatic heterocycles. The number of benzene rings is 2. The highest BCUT2D eigenvalue weighted by Gasteiger charge is 2.32. The van der Waals surface area contributed by atoms with Crippen LogP contribution in [0, 0.1) is 11.6 Å². The predicted molar refractivity (Wildman–Crippen MR) is 158 cm³/mol. The highest BCUT2D eigenvalue weighted by Crippen LogP contribution is 2.34. The number of rotatable bonds is 8. The zero-order valence-corrected chi connectivity index (χ0v) is 24.6. The summed E-state index contributed by atoms with van der Waals surface area (Å²) in [6.07, 6.45) is 4.10. The van der Waals surface area contributed by atoms with Crippen LogP contribution < -0.4 is 10.6 Å². The lowest BCUT2D eigenvalue weighted by molar-refractivity contribution is -0.123. The van der Waals surface area contributed by atoms with Gasteiger partial charge in [-0.3, -0.25) is 9.69 Å². The smallest absolute Gasteiger partial charge is 0.241 e. The number of likely N-dealkylation sites (N-methyl/N-ethyl adjacent to an activating group) is 1. The third-order valence-corrected chi connectivity index (χ3v) is 8.67. The van der Waals surface area contributed by atoms with E-state index in [0.717, 1.165) is 38.2 Å². The average Bonchev–Trinajstić information content (AvgIpc) is 3.37. The number of aromatic nitrogens is 3. The van der Waals surface area contributed by atoms with Gasteiger partial charge in [-0.05, 0) is 38.6 Å². The Labute approximate surface area is 243 Å². The lowest BCUT2D eigenvalue weighted by Crippen LogP contribution is -2.57. The van der Waals surface area contributed by atoms with E-state index in [1.54, 1.807) is 24.4 Å². The van der Waals surface area contributed by atoms with Crippen LogP contribution in [0.4, 0.5) is 26.1 Å². The average molecular weight is 598 g/mol. The lowest BCUT2D eigenvalue weighted by Gasteiger charge is -2.42. The summed E-state index contributed by atoms with van der Waals surface area (Å²) >= 11 is 0. The summed E-state index contributed by atoms with van der Waals surface area (Å²) in [4.78, 5) is 28.8. The Morgan fingerprint density at radius 3 is 2.62 bits per heavy atom. The van der Waals surface area contributed by atoms with Crippen molar-refractivity contribution in [3.63, 3.8) is 0 Å². The Bertz CT molecular complexity index is 1740. The van der Waals surface area contributed by atoms with Crippen molar-refractivity contribution in [1.82, 2.24) is 24.8 Å². The van der Waals surface area contributed by atoms with Crippen LogP contribution in [0.25, 0.3) is 22.2 Å². The van der Waals surface area contributed by atoms with Gasteiger partial charge in [0.1, 0.15) is 10.6 Å². The number of amides is 1. The Kier molecular flexibility index (Phi) is 8.26. The summed E-state index contributed by atoms with van der Waals surface area (Å²) < 4.78 is 53.7. The molecule has 42 heavy (non-hydrogen) atoms. The molecule has 4 aromatic rings. The second-order valence-corrected chi connectivity index (χ2v) is 12.6. The highest BCUT2D eigenvalue weighted by atomic mass is 32.2. The number of aromatic amines is 1. The van der Waals surface area contributed by atoms with E-state index in [4.69, 9.17) is 0 Å². The third kappa shape index (κ3) is 5.85. The van der Waals surface area contributed by atoms with Gasteiger partial charge < -0.3 is 20.5 Å². The Morgan fingerprint density at radius 2 is 1.90 bits per heavy atom. The monoisotopic (exact) mass is 597 g/mol. The summed E-state index contributed by atoms with van der Waals surface area (Å²) in [6.45, 7) is 6.69. The van der Waals surface area contributed by atoms with Crippen LogP contribution in [0.3, 0.4) is 0 Å². The molecule has 222 valence electrons. The van der Waals surface area contributed by atoms with Crippen LogP contribution in [0.2, 0.25) is 0 Å². The van der Waals surface area contributed by atoms with Crippen molar-refractivity contribution in [1.29, 1.82) is 0 Å². The molecular formula is C29H33F2N7O3S. The zero-order valence-electron chi connectivity index (χ0n) is 23.8. The molecular weight excluding hydrogens is 564 g/mol. The van der Waals surface area contributed by atoms with Crippen molar-refractivity contribution in [3.8, 4) is 11.3 Å². The first kappa shape index (κ1) is 29.5. The van der Waals surface area contributed by atoms with Gasteiger partial charge >= 0.3 is 0 Å². The van der Waals surface area contributed by atoms with Gasteiger partial charge in [0.15, 0.2) is 21.5 Å². The molecule has 0 bridgehead atoms. The number of nitrogens with zero attached hydrogens (tertiary/aromatic N) is 4.